The third kappa shape index (κ3) is 0.772. The molecule has 1 rings (SSSR count). The van der Waals surface area contributed by atoms with E-state index in [1.165, 1.54) is 22.5 Å². The first-order valence-electron chi connectivity index (χ1n) is 1.65. The Kier molecular flexibility index (Phi) is 1.19. The Morgan fingerprint density at radius 1 is 1.67 bits per heavy atom. The van der Waals surface area contributed by atoms with Crippen molar-refractivity contribution < 1.29 is 4.42 Å². The molecule has 26 valence electrons. The number of rotatable bonds is 0. The van der Waals surface area contributed by atoms with E-state index >= 15 is 0 Å². The summed E-state index contributed by atoms with van der Waals surface area (Å²) in [4.78, 5) is 0. The van der Waals surface area contributed by atoms with Gasteiger partial charge in [0.05, 0.1) is 0 Å². The number of hydrogen-bond donors (Lipinski definition) is 0. The van der Waals surface area contributed by atoms with E-state index in [1.807, 2.05) is 12.1 Å². The molecule has 0 bridgehead atoms. The molecular formula is C4H3OSn+3. The maximum atomic E-state index is 4.87. The van der Waals surface area contributed by atoms with Crippen LogP contribution >= 0.6 is 0 Å². The Bertz CT molecular complexity index is 111. The van der Waals surface area contributed by atoms with Gasteiger partial charge >= 0.3 is 49.1 Å². The van der Waals surface area contributed by atoms with Crippen molar-refractivity contribution in [2.24, 2.45) is 0 Å². The van der Waals surface area contributed by atoms with E-state index in [-0.39, 0.29) is 0 Å². The van der Waals surface area contributed by atoms with Gasteiger partial charge in [-0.25, -0.2) is 0 Å². The first-order valence-corrected chi connectivity index (χ1v) is 3.07. The Hall–Kier alpha value is 0.0787. The summed E-state index contributed by atoms with van der Waals surface area (Å²) in [7, 11) is 0. The van der Waals surface area contributed by atoms with Crippen molar-refractivity contribution in [3.05, 3.63) is 18.4 Å². The van der Waals surface area contributed by atoms with E-state index < -0.39 is 0 Å². The zero-order valence-electron chi connectivity index (χ0n) is 3.14. The zero-order valence-corrected chi connectivity index (χ0v) is 5.99. The number of furan rings is 1. The molecule has 0 saturated heterocycles. The molecule has 0 fully saturated rings. The van der Waals surface area contributed by atoms with Gasteiger partial charge in [0, 0.05) is 0 Å². The van der Waals surface area contributed by atoms with Crippen LogP contribution in [0.2, 0.25) is 0 Å². The van der Waals surface area contributed by atoms with Gasteiger partial charge in [0.2, 0.25) is 0 Å². The van der Waals surface area contributed by atoms with Crippen molar-refractivity contribution in [3.63, 3.8) is 0 Å². The maximum absolute atomic E-state index is 4.87. The van der Waals surface area contributed by atoms with Crippen LogP contribution in [-0.4, -0.2) is 22.5 Å². The van der Waals surface area contributed by atoms with Gasteiger partial charge in [0.1, 0.15) is 0 Å². The molecule has 1 aromatic rings. The molecule has 0 unspecified atom stereocenters. The van der Waals surface area contributed by atoms with Crippen LogP contribution in [0.3, 0.4) is 0 Å². The molecule has 0 aliphatic heterocycles. The van der Waals surface area contributed by atoms with Gasteiger partial charge in [-0.15, -0.1) is 0 Å². The van der Waals surface area contributed by atoms with Crippen molar-refractivity contribution in [3.8, 4) is 0 Å². The van der Waals surface area contributed by atoms with Crippen molar-refractivity contribution in [1.29, 1.82) is 0 Å². The second-order valence-corrected chi connectivity index (χ2v) is 2.38. The molecule has 6 heavy (non-hydrogen) atoms. The molecule has 0 N–H and O–H groups in total. The van der Waals surface area contributed by atoms with Gasteiger partial charge in [-0.3, -0.25) is 0 Å². The Labute approximate surface area is 49.4 Å². The third-order valence-electron chi connectivity index (χ3n) is 0.521. The summed E-state index contributed by atoms with van der Waals surface area (Å²) in [6, 6.07) is 3.85. The van der Waals surface area contributed by atoms with Gasteiger partial charge in [0.15, 0.2) is 0 Å². The molecule has 1 heterocycles. The van der Waals surface area contributed by atoms with Crippen LogP contribution in [0.25, 0.3) is 0 Å². The van der Waals surface area contributed by atoms with Gasteiger partial charge in [-0.05, 0) is 0 Å². The average molecular weight is 186 g/mol. The van der Waals surface area contributed by atoms with Crippen LogP contribution in [-0.2, 0) is 0 Å². The fourth-order valence-electron chi connectivity index (χ4n) is 0.279. The molecule has 2 heteroatoms. The molecule has 0 atom stereocenters. The SMILES string of the molecule is [Sn+3][c]1ccco1. The van der Waals surface area contributed by atoms with E-state index in [9.17, 15) is 0 Å². The molecule has 0 amide bonds. The van der Waals surface area contributed by atoms with Gasteiger partial charge < -0.3 is 0 Å². The molecule has 1 aromatic heterocycles. The molecule has 0 aliphatic rings. The Morgan fingerprint density at radius 2 is 2.50 bits per heavy atom. The standard InChI is InChI=1S/C4H3O.Sn/c1-2-4-5-3-1;/h1-3H;/q;+3. The summed E-state index contributed by atoms with van der Waals surface area (Å²) >= 11 is 1.34. The normalized spacial score (nSPS) is 9.00. The summed E-state index contributed by atoms with van der Waals surface area (Å²) in [5.74, 6) is 0. The molecule has 0 aliphatic carbocycles. The summed E-state index contributed by atoms with van der Waals surface area (Å²) in [5.41, 5.74) is 0. The first kappa shape index (κ1) is 4.24. The zero-order chi connectivity index (χ0) is 4.41. The molecule has 1 nitrogen and oxygen atoms in total. The van der Waals surface area contributed by atoms with Gasteiger partial charge in [-0.1, -0.05) is 0 Å². The predicted molar refractivity (Wildman–Crippen MR) is 24.1 cm³/mol. The number of hydrogen-bond acceptors (Lipinski definition) is 1. The van der Waals surface area contributed by atoms with Crippen LogP contribution in [0.4, 0.5) is 0 Å². The van der Waals surface area contributed by atoms with Gasteiger partial charge in [-0.2, -0.15) is 0 Å². The second-order valence-electron chi connectivity index (χ2n) is 0.977. The topological polar surface area (TPSA) is 13.1 Å². The fraction of sp³-hybridized carbons (Fsp3) is 0. The summed E-state index contributed by atoms with van der Waals surface area (Å²) in [6.45, 7) is 0. The van der Waals surface area contributed by atoms with Crippen molar-refractivity contribution >= 4 is 26.3 Å². The molecule has 0 radical (unpaired) electrons. The van der Waals surface area contributed by atoms with E-state index in [0.717, 1.165) is 3.78 Å². The van der Waals surface area contributed by atoms with Crippen molar-refractivity contribution in [2.45, 2.75) is 0 Å². The third-order valence-corrected chi connectivity index (χ3v) is 1.33. The average Bonchev–Trinajstić information content (AvgIpc) is 1.86. The molecular weight excluding hydrogens is 183 g/mol. The molecule has 0 aromatic carbocycles. The van der Waals surface area contributed by atoms with Crippen LogP contribution in [0, 0.1) is 0 Å². The summed E-state index contributed by atoms with van der Waals surface area (Å²) in [6.07, 6.45) is 1.68. The quantitative estimate of drug-likeness (QED) is 0.522. The van der Waals surface area contributed by atoms with E-state index in [2.05, 4.69) is 0 Å². The van der Waals surface area contributed by atoms with Crippen molar-refractivity contribution in [2.75, 3.05) is 0 Å². The Balaban J connectivity index is 3.05. The molecule has 0 spiro atoms. The van der Waals surface area contributed by atoms with E-state index in [0.29, 0.717) is 0 Å². The van der Waals surface area contributed by atoms with Crippen LogP contribution in [0.1, 0.15) is 0 Å². The van der Waals surface area contributed by atoms with Crippen LogP contribution in [0.15, 0.2) is 22.8 Å². The second kappa shape index (κ2) is 1.69. The Morgan fingerprint density at radius 3 is 2.67 bits per heavy atom. The van der Waals surface area contributed by atoms with Crippen LogP contribution < -0.4 is 3.78 Å². The van der Waals surface area contributed by atoms with Crippen LogP contribution in [0.5, 0.6) is 0 Å². The van der Waals surface area contributed by atoms with E-state index in [1.54, 1.807) is 6.26 Å². The first-order chi connectivity index (χ1) is 2.89. The van der Waals surface area contributed by atoms with Crippen molar-refractivity contribution in [1.82, 2.24) is 0 Å². The fourth-order valence-corrected chi connectivity index (χ4v) is 0.747. The predicted octanol–water partition coefficient (Wildman–Crippen LogP) is 0.0734. The minimum absolute atomic E-state index is 1.06. The van der Waals surface area contributed by atoms with Gasteiger partial charge in [0.25, 0.3) is 0 Å². The minimum atomic E-state index is 1.06. The monoisotopic (exact) mass is 187 g/mol. The van der Waals surface area contributed by atoms with E-state index in [4.69, 9.17) is 4.42 Å². The summed E-state index contributed by atoms with van der Waals surface area (Å²) in [5, 5.41) is 0. The summed E-state index contributed by atoms with van der Waals surface area (Å²) < 4.78 is 5.93. The molecule has 0 saturated carbocycles.